The summed E-state index contributed by atoms with van der Waals surface area (Å²) in [6, 6.07) is 62.4. The highest BCUT2D eigenvalue weighted by atomic mass is 32.2. The first kappa shape index (κ1) is 30.4. The van der Waals surface area contributed by atoms with Gasteiger partial charge in [-0.2, -0.15) is 9.97 Å². The maximum Gasteiger partial charge on any atom is 0.239 e. The third-order valence-electron chi connectivity index (χ3n) is 11.0. The van der Waals surface area contributed by atoms with Crippen molar-refractivity contribution < 1.29 is 0 Å². The van der Waals surface area contributed by atoms with Crippen LogP contribution in [0.5, 0.6) is 0 Å². The van der Waals surface area contributed by atoms with Crippen LogP contribution >= 0.6 is 11.8 Å². The van der Waals surface area contributed by atoms with Gasteiger partial charge in [-0.3, -0.25) is 9.13 Å². The second-order valence-corrected chi connectivity index (χ2v) is 15.1. The van der Waals surface area contributed by atoms with E-state index in [1.807, 2.05) is 17.8 Å². The minimum Gasteiger partial charge on any atom is -0.293 e. The van der Waals surface area contributed by atoms with E-state index in [4.69, 9.17) is 15.0 Å². The fourth-order valence-corrected chi connectivity index (χ4v) is 9.53. The summed E-state index contributed by atoms with van der Waals surface area (Å²) >= 11 is 1.83. The largest absolute Gasteiger partial charge is 0.293 e. The van der Waals surface area contributed by atoms with E-state index in [1.165, 1.54) is 53.2 Å². The molecule has 0 amide bonds. The molecule has 0 aliphatic carbocycles. The van der Waals surface area contributed by atoms with E-state index in [0.29, 0.717) is 17.6 Å². The highest BCUT2D eigenvalue weighted by molar-refractivity contribution is 7.99. The summed E-state index contributed by atoms with van der Waals surface area (Å²) in [5.41, 5.74) is 8.63. The van der Waals surface area contributed by atoms with Gasteiger partial charge in [0, 0.05) is 37.1 Å². The van der Waals surface area contributed by atoms with E-state index in [9.17, 15) is 0 Å². The van der Waals surface area contributed by atoms with E-state index in [0.717, 1.165) is 38.9 Å². The Morgan fingerprint density at radius 2 is 1.02 bits per heavy atom. The van der Waals surface area contributed by atoms with Gasteiger partial charge in [0.15, 0.2) is 11.6 Å². The molecule has 4 heterocycles. The average Bonchev–Trinajstić information content (AvgIpc) is 3.78. The summed E-state index contributed by atoms with van der Waals surface area (Å²) in [5, 5.41) is 8.33. The Balaban J connectivity index is 1.16. The molecule has 0 atom stereocenters. The van der Waals surface area contributed by atoms with Crippen molar-refractivity contribution in [3.63, 3.8) is 0 Å². The molecule has 1 aliphatic heterocycles. The molecule has 8 aromatic carbocycles. The maximum atomic E-state index is 5.39. The molecule has 0 N–H and O–H groups in total. The lowest BCUT2D eigenvalue weighted by molar-refractivity contribution is 0.927. The van der Waals surface area contributed by atoms with Gasteiger partial charge in [0.2, 0.25) is 5.95 Å². The van der Waals surface area contributed by atoms with Gasteiger partial charge < -0.3 is 0 Å². The molecule has 0 unspecified atom stereocenters. The SMILES string of the molecule is c1ccc(-c2ccc(-c3nc(-c4ccc5ccc6ccccc6c5c4)nc(-n4c5ccccc5c5c6cccc7c6n(c54)-c4ccccc4S7)n3)cc2)cc1. The molecule has 256 valence electrons. The van der Waals surface area contributed by atoms with Crippen LogP contribution in [0, 0.1) is 0 Å². The number of aromatic nitrogens is 5. The van der Waals surface area contributed by atoms with Crippen LogP contribution in [0.4, 0.5) is 0 Å². The molecule has 3 aromatic heterocycles. The van der Waals surface area contributed by atoms with Crippen molar-refractivity contribution in [2.24, 2.45) is 0 Å². The Morgan fingerprint density at radius 1 is 0.400 bits per heavy atom. The lowest BCUT2D eigenvalue weighted by Gasteiger charge is -2.20. The first-order valence-corrected chi connectivity index (χ1v) is 19.3. The lowest BCUT2D eigenvalue weighted by Crippen LogP contribution is -2.10. The van der Waals surface area contributed by atoms with Crippen LogP contribution in [0.25, 0.3) is 99.9 Å². The molecule has 0 saturated carbocycles. The summed E-state index contributed by atoms with van der Waals surface area (Å²) in [5.74, 6) is 1.82. The van der Waals surface area contributed by atoms with Crippen LogP contribution in [-0.4, -0.2) is 24.1 Å². The van der Waals surface area contributed by atoms with Crippen LogP contribution in [0.3, 0.4) is 0 Å². The summed E-state index contributed by atoms with van der Waals surface area (Å²) in [4.78, 5) is 18.4. The standard InChI is InChI=1S/C49H29N5S/c1-2-11-30(12-3-1)31-21-26-34(27-22-31)46-50-47(35-28-25-33-24-23-32-13-4-5-14-36(32)39(33)29-35)52-49(51-46)54-40-17-7-6-15-37(40)44-38-16-10-20-43-45(38)53(48(44)54)41-18-8-9-19-42(41)55-43/h1-29H. The van der Waals surface area contributed by atoms with Gasteiger partial charge in [-0.1, -0.05) is 157 Å². The molecule has 0 radical (unpaired) electrons. The van der Waals surface area contributed by atoms with Gasteiger partial charge in [0.1, 0.15) is 5.65 Å². The predicted molar refractivity (Wildman–Crippen MR) is 226 cm³/mol. The normalized spacial score (nSPS) is 12.3. The molecular formula is C49H29N5S. The minimum atomic E-state index is 0.577. The summed E-state index contributed by atoms with van der Waals surface area (Å²) < 4.78 is 4.68. The third kappa shape index (κ3) is 4.59. The van der Waals surface area contributed by atoms with Crippen LogP contribution in [0.2, 0.25) is 0 Å². The Hall–Kier alpha value is -7.02. The number of hydrogen-bond donors (Lipinski definition) is 0. The molecule has 6 heteroatoms. The van der Waals surface area contributed by atoms with E-state index in [1.54, 1.807) is 0 Å². The van der Waals surface area contributed by atoms with Crippen molar-refractivity contribution in [2.45, 2.75) is 9.79 Å². The van der Waals surface area contributed by atoms with Crippen molar-refractivity contribution in [2.75, 3.05) is 0 Å². The van der Waals surface area contributed by atoms with Crippen LogP contribution in [0.15, 0.2) is 186 Å². The van der Waals surface area contributed by atoms with Crippen molar-refractivity contribution in [1.82, 2.24) is 24.1 Å². The van der Waals surface area contributed by atoms with E-state index < -0.39 is 0 Å². The van der Waals surface area contributed by atoms with Gasteiger partial charge in [0.25, 0.3) is 0 Å². The number of nitrogens with zero attached hydrogens (tertiary/aromatic N) is 5. The fraction of sp³-hybridized carbons (Fsp3) is 0. The second-order valence-electron chi connectivity index (χ2n) is 14.1. The Morgan fingerprint density at radius 3 is 1.89 bits per heavy atom. The first-order valence-electron chi connectivity index (χ1n) is 18.4. The fourth-order valence-electron chi connectivity index (χ4n) is 8.44. The van der Waals surface area contributed by atoms with Crippen molar-refractivity contribution in [3.05, 3.63) is 176 Å². The molecule has 0 saturated heterocycles. The summed E-state index contributed by atoms with van der Waals surface area (Å²) in [6.45, 7) is 0. The molecule has 0 bridgehead atoms. The van der Waals surface area contributed by atoms with Gasteiger partial charge in [-0.25, -0.2) is 4.98 Å². The zero-order valence-electron chi connectivity index (χ0n) is 29.4. The number of para-hydroxylation sites is 3. The molecular weight excluding hydrogens is 691 g/mol. The molecule has 5 nitrogen and oxygen atoms in total. The monoisotopic (exact) mass is 719 g/mol. The van der Waals surface area contributed by atoms with E-state index >= 15 is 0 Å². The zero-order chi connectivity index (χ0) is 36.0. The Kier molecular flexibility index (Phi) is 6.50. The minimum absolute atomic E-state index is 0.577. The van der Waals surface area contributed by atoms with Gasteiger partial charge in [-0.15, -0.1) is 0 Å². The number of hydrogen-bond acceptors (Lipinski definition) is 4. The molecule has 55 heavy (non-hydrogen) atoms. The van der Waals surface area contributed by atoms with Gasteiger partial charge in [-0.05, 0) is 63.0 Å². The van der Waals surface area contributed by atoms with Crippen molar-refractivity contribution in [3.8, 4) is 45.5 Å². The zero-order valence-corrected chi connectivity index (χ0v) is 30.2. The Bertz CT molecular complexity index is 3340. The smallest absolute Gasteiger partial charge is 0.239 e. The van der Waals surface area contributed by atoms with Crippen LogP contribution < -0.4 is 0 Å². The second kappa shape index (κ2) is 11.7. The number of fused-ring (bicyclic) bond motifs is 10. The third-order valence-corrected chi connectivity index (χ3v) is 12.1. The van der Waals surface area contributed by atoms with Crippen molar-refractivity contribution >= 4 is 66.1 Å². The maximum absolute atomic E-state index is 5.39. The molecule has 1 aliphatic rings. The molecule has 0 fully saturated rings. The van der Waals surface area contributed by atoms with Gasteiger partial charge >= 0.3 is 0 Å². The highest BCUT2D eigenvalue weighted by Crippen LogP contribution is 2.49. The summed E-state index contributed by atoms with van der Waals surface area (Å²) in [6.07, 6.45) is 0. The molecule has 12 rings (SSSR count). The number of benzene rings is 8. The summed E-state index contributed by atoms with van der Waals surface area (Å²) in [7, 11) is 0. The van der Waals surface area contributed by atoms with Crippen LogP contribution in [-0.2, 0) is 0 Å². The Labute approximate surface area is 320 Å². The van der Waals surface area contributed by atoms with Gasteiger partial charge in [0.05, 0.1) is 16.7 Å². The molecule has 11 aromatic rings. The number of rotatable bonds is 4. The highest BCUT2D eigenvalue weighted by Gasteiger charge is 2.29. The van der Waals surface area contributed by atoms with Crippen molar-refractivity contribution in [1.29, 1.82) is 0 Å². The predicted octanol–water partition coefficient (Wildman–Crippen LogP) is 12.7. The first-order chi connectivity index (χ1) is 27.3. The average molecular weight is 720 g/mol. The lowest BCUT2D eigenvalue weighted by atomic mass is 10.00. The van der Waals surface area contributed by atoms with E-state index in [-0.39, 0.29) is 0 Å². The van der Waals surface area contributed by atoms with E-state index in [2.05, 4.69) is 179 Å². The van der Waals surface area contributed by atoms with Crippen LogP contribution in [0.1, 0.15) is 0 Å². The topological polar surface area (TPSA) is 48.5 Å². The molecule has 0 spiro atoms. The quantitative estimate of drug-likeness (QED) is 0.170.